The fourth-order valence-corrected chi connectivity index (χ4v) is 3.08. The Bertz CT molecular complexity index is 493. The molecule has 1 aromatic rings. The maximum absolute atomic E-state index is 12.7. The number of likely N-dealkylation sites (tertiary alicyclic amines) is 1. The number of rotatable bonds is 4. The Hall–Kier alpha value is -0.570. The summed E-state index contributed by atoms with van der Waals surface area (Å²) in [6.07, 6.45) is 3.95. The Morgan fingerprint density at radius 2 is 1.85 bits per heavy atom. The van der Waals surface area contributed by atoms with E-state index in [-0.39, 0.29) is 5.78 Å². The van der Waals surface area contributed by atoms with E-state index in [4.69, 9.17) is 23.2 Å². The molecule has 0 atom stereocenters. The third-order valence-electron chi connectivity index (χ3n) is 4.19. The minimum absolute atomic E-state index is 0.198. The van der Waals surface area contributed by atoms with E-state index in [0.29, 0.717) is 16.5 Å². The van der Waals surface area contributed by atoms with Gasteiger partial charge in [0.2, 0.25) is 0 Å². The first-order valence-corrected chi connectivity index (χ1v) is 7.89. The molecule has 20 heavy (non-hydrogen) atoms. The van der Waals surface area contributed by atoms with Gasteiger partial charge in [-0.25, -0.2) is 0 Å². The quantitative estimate of drug-likeness (QED) is 0.822. The van der Waals surface area contributed by atoms with Crippen molar-refractivity contribution < 1.29 is 4.79 Å². The molecule has 0 saturated carbocycles. The highest BCUT2D eigenvalue weighted by Gasteiger charge is 2.34. The van der Waals surface area contributed by atoms with E-state index in [2.05, 4.69) is 4.90 Å². The molecule has 1 aromatic carbocycles. The van der Waals surface area contributed by atoms with Crippen molar-refractivity contribution in [2.24, 2.45) is 0 Å². The summed E-state index contributed by atoms with van der Waals surface area (Å²) >= 11 is 12.1. The number of hydrogen-bond donors (Lipinski definition) is 0. The number of hydrogen-bond acceptors (Lipinski definition) is 2. The molecule has 0 unspecified atom stereocenters. The summed E-state index contributed by atoms with van der Waals surface area (Å²) in [5.74, 6) is 0.198. The molecular weight excluding hydrogens is 293 g/mol. The number of carbonyl (C=O) groups is 1. The Morgan fingerprint density at radius 1 is 1.20 bits per heavy atom. The largest absolute Gasteiger partial charge is 0.297 e. The molecule has 0 radical (unpaired) electrons. The summed E-state index contributed by atoms with van der Waals surface area (Å²) in [6.45, 7) is 6.03. The van der Waals surface area contributed by atoms with Crippen LogP contribution in [-0.2, 0) is 11.2 Å². The second-order valence-corrected chi connectivity index (χ2v) is 6.79. The first-order chi connectivity index (χ1) is 9.41. The topological polar surface area (TPSA) is 20.3 Å². The van der Waals surface area contributed by atoms with Gasteiger partial charge in [-0.05, 0) is 63.5 Å². The number of ketones is 1. The van der Waals surface area contributed by atoms with Crippen LogP contribution in [0.5, 0.6) is 0 Å². The number of piperidine rings is 1. The average Bonchev–Trinajstić information content (AvgIpc) is 2.43. The first kappa shape index (κ1) is 15.8. The van der Waals surface area contributed by atoms with Crippen molar-refractivity contribution in [2.45, 2.75) is 45.1 Å². The zero-order valence-electron chi connectivity index (χ0n) is 12.1. The summed E-state index contributed by atoms with van der Waals surface area (Å²) in [5, 5.41) is 1.23. The molecule has 0 amide bonds. The fraction of sp³-hybridized carbons (Fsp3) is 0.562. The number of halogens is 2. The van der Waals surface area contributed by atoms with Crippen molar-refractivity contribution in [2.75, 3.05) is 13.1 Å². The molecule has 0 aromatic heterocycles. The molecule has 4 heteroatoms. The van der Waals surface area contributed by atoms with E-state index >= 15 is 0 Å². The molecule has 2 nitrogen and oxygen atoms in total. The smallest absolute Gasteiger partial charge is 0.156 e. The van der Waals surface area contributed by atoms with Crippen LogP contribution < -0.4 is 0 Å². The maximum atomic E-state index is 12.7. The Morgan fingerprint density at radius 3 is 2.50 bits per heavy atom. The monoisotopic (exact) mass is 313 g/mol. The zero-order chi connectivity index (χ0) is 14.8. The summed E-state index contributed by atoms with van der Waals surface area (Å²) in [5.41, 5.74) is 0.376. The van der Waals surface area contributed by atoms with Gasteiger partial charge in [0.15, 0.2) is 5.78 Å². The molecule has 1 fully saturated rings. The van der Waals surface area contributed by atoms with Gasteiger partial charge in [-0.15, -0.1) is 0 Å². The van der Waals surface area contributed by atoms with E-state index < -0.39 is 5.54 Å². The minimum Gasteiger partial charge on any atom is -0.297 e. The van der Waals surface area contributed by atoms with Gasteiger partial charge in [0.25, 0.3) is 0 Å². The molecule has 0 bridgehead atoms. The minimum atomic E-state index is -0.438. The second-order valence-electron chi connectivity index (χ2n) is 5.94. The van der Waals surface area contributed by atoms with E-state index in [1.165, 1.54) is 19.3 Å². The Kier molecular flexibility index (Phi) is 5.11. The predicted octanol–water partition coefficient (Wildman–Crippen LogP) is 4.37. The van der Waals surface area contributed by atoms with Gasteiger partial charge in [-0.3, -0.25) is 9.69 Å². The lowest BCUT2D eigenvalue weighted by Gasteiger charge is -2.39. The van der Waals surface area contributed by atoms with Crippen LogP contribution in [0.1, 0.15) is 38.7 Å². The van der Waals surface area contributed by atoms with Gasteiger partial charge in [0.1, 0.15) is 0 Å². The molecule has 2 rings (SSSR count). The van der Waals surface area contributed by atoms with Crippen molar-refractivity contribution >= 4 is 29.0 Å². The molecule has 1 heterocycles. The van der Waals surface area contributed by atoms with Crippen molar-refractivity contribution in [1.29, 1.82) is 0 Å². The van der Waals surface area contributed by atoms with Gasteiger partial charge in [0.05, 0.1) is 5.54 Å². The van der Waals surface area contributed by atoms with Crippen LogP contribution in [-0.4, -0.2) is 29.3 Å². The van der Waals surface area contributed by atoms with E-state index in [9.17, 15) is 4.79 Å². The van der Waals surface area contributed by atoms with Crippen molar-refractivity contribution in [3.63, 3.8) is 0 Å². The standard InChI is InChI=1S/C16H21Cl2NO/c1-16(2,19-8-4-3-5-9-19)15(20)11-12-10-13(17)6-7-14(12)18/h6-7,10H,3-5,8-9,11H2,1-2H3. The van der Waals surface area contributed by atoms with Gasteiger partial charge in [0, 0.05) is 16.5 Å². The van der Waals surface area contributed by atoms with Crippen molar-refractivity contribution in [3.8, 4) is 0 Å². The molecule has 110 valence electrons. The first-order valence-electron chi connectivity index (χ1n) is 7.13. The Balaban J connectivity index is 2.11. The number of carbonyl (C=O) groups excluding carboxylic acids is 1. The SMILES string of the molecule is CC(C)(C(=O)Cc1cc(Cl)ccc1Cl)N1CCCCC1. The van der Waals surface area contributed by atoms with Crippen LogP contribution >= 0.6 is 23.2 Å². The number of Topliss-reactive ketones (excluding diaryl/α,β-unsaturated/α-hetero) is 1. The van der Waals surface area contributed by atoms with Gasteiger partial charge >= 0.3 is 0 Å². The van der Waals surface area contributed by atoms with Crippen molar-refractivity contribution in [3.05, 3.63) is 33.8 Å². The molecule has 1 aliphatic heterocycles. The highest BCUT2D eigenvalue weighted by molar-refractivity contribution is 6.33. The van der Waals surface area contributed by atoms with Crippen LogP contribution in [0.25, 0.3) is 0 Å². The zero-order valence-corrected chi connectivity index (χ0v) is 13.6. The number of nitrogens with zero attached hydrogens (tertiary/aromatic N) is 1. The normalized spacial score (nSPS) is 17.2. The van der Waals surface area contributed by atoms with E-state index in [0.717, 1.165) is 18.7 Å². The second kappa shape index (κ2) is 6.46. The molecule has 1 aliphatic rings. The van der Waals surface area contributed by atoms with Gasteiger partial charge < -0.3 is 0 Å². The van der Waals surface area contributed by atoms with Crippen LogP contribution in [0.3, 0.4) is 0 Å². The lowest BCUT2D eigenvalue weighted by molar-refractivity contribution is -0.129. The summed E-state index contributed by atoms with van der Waals surface area (Å²) in [4.78, 5) is 14.9. The van der Waals surface area contributed by atoms with Crippen LogP contribution in [0.15, 0.2) is 18.2 Å². The van der Waals surface area contributed by atoms with E-state index in [1.54, 1.807) is 18.2 Å². The lowest BCUT2D eigenvalue weighted by Crippen LogP contribution is -2.52. The summed E-state index contributed by atoms with van der Waals surface area (Å²) in [7, 11) is 0. The van der Waals surface area contributed by atoms with Gasteiger partial charge in [-0.1, -0.05) is 29.6 Å². The Labute approximate surface area is 131 Å². The van der Waals surface area contributed by atoms with Gasteiger partial charge in [-0.2, -0.15) is 0 Å². The third-order valence-corrected chi connectivity index (χ3v) is 4.79. The van der Waals surface area contributed by atoms with E-state index in [1.807, 2.05) is 13.8 Å². The molecule has 0 aliphatic carbocycles. The summed E-state index contributed by atoms with van der Waals surface area (Å²) in [6, 6.07) is 5.28. The van der Waals surface area contributed by atoms with Crippen LogP contribution in [0.4, 0.5) is 0 Å². The highest BCUT2D eigenvalue weighted by Crippen LogP contribution is 2.26. The van der Waals surface area contributed by atoms with Crippen LogP contribution in [0, 0.1) is 0 Å². The van der Waals surface area contributed by atoms with Crippen molar-refractivity contribution in [1.82, 2.24) is 4.90 Å². The molecule has 1 saturated heterocycles. The number of benzene rings is 1. The fourth-order valence-electron chi connectivity index (χ4n) is 2.70. The molecule has 0 spiro atoms. The molecular formula is C16H21Cl2NO. The lowest BCUT2D eigenvalue weighted by atomic mass is 9.90. The highest BCUT2D eigenvalue weighted by atomic mass is 35.5. The summed E-state index contributed by atoms with van der Waals surface area (Å²) < 4.78 is 0. The predicted molar refractivity (Wildman–Crippen MR) is 84.7 cm³/mol. The third kappa shape index (κ3) is 3.55. The maximum Gasteiger partial charge on any atom is 0.156 e. The average molecular weight is 314 g/mol. The van der Waals surface area contributed by atoms with Crippen LogP contribution in [0.2, 0.25) is 10.0 Å². The molecule has 0 N–H and O–H groups in total.